The Hall–Kier alpha value is -2.50. The van der Waals surface area contributed by atoms with E-state index in [1.165, 1.54) is 0 Å². The number of likely N-dealkylation sites (tertiary alicyclic amines) is 1. The highest BCUT2D eigenvalue weighted by Gasteiger charge is 2.27. The first-order valence-corrected chi connectivity index (χ1v) is 9.95. The predicted molar refractivity (Wildman–Crippen MR) is 111 cm³/mol. The van der Waals surface area contributed by atoms with Crippen LogP contribution >= 0.6 is 0 Å². The molecule has 1 aliphatic heterocycles. The Kier molecular flexibility index (Phi) is 6.95. The number of carbonyl (C=O) groups excluding carboxylic acids is 2. The molecule has 1 unspecified atom stereocenters. The average Bonchev–Trinajstić information content (AvgIpc) is 2.74. The number of amides is 1. The summed E-state index contributed by atoms with van der Waals surface area (Å²) < 4.78 is 5.69. The molecule has 1 aliphatic rings. The number of nitrogens with one attached hydrogen (secondary N) is 1. The maximum absolute atomic E-state index is 12.8. The maximum Gasteiger partial charge on any atom is 0.241 e. The predicted octanol–water partition coefficient (Wildman–Crippen LogP) is 3.75. The number of hydrogen-bond acceptors (Lipinski definition) is 4. The van der Waals surface area contributed by atoms with Gasteiger partial charge in [-0.05, 0) is 38.8 Å². The maximum atomic E-state index is 12.8. The van der Waals surface area contributed by atoms with Crippen LogP contribution in [-0.2, 0) is 9.53 Å². The summed E-state index contributed by atoms with van der Waals surface area (Å²) in [6.07, 6.45) is 2.17. The van der Waals surface area contributed by atoms with Crippen molar-refractivity contribution in [1.82, 2.24) is 4.90 Å². The molecule has 1 fully saturated rings. The topological polar surface area (TPSA) is 58.6 Å². The van der Waals surface area contributed by atoms with Gasteiger partial charge in [-0.25, -0.2) is 0 Å². The van der Waals surface area contributed by atoms with Gasteiger partial charge >= 0.3 is 0 Å². The molecule has 2 aromatic rings. The van der Waals surface area contributed by atoms with Gasteiger partial charge in [0.05, 0.1) is 17.8 Å². The van der Waals surface area contributed by atoms with E-state index in [1.807, 2.05) is 44.2 Å². The zero-order valence-corrected chi connectivity index (χ0v) is 16.6. The van der Waals surface area contributed by atoms with Crippen LogP contribution in [0.15, 0.2) is 54.6 Å². The lowest BCUT2D eigenvalue weighted by molar-refractivity contribution is -0.121. The second-order valence-corrected chi connectivity index (χ2v) is 7.10. The van der Waals surface area contributed by atoms with Gasteiger partial charge in [-0.3, -0.25) is 14.5 Å². The number of ether oxygens (including phenoxy) is 1. The molecule has 5 nitrogen and oxygen atoms in total. The lowest BCUT2D eigenvalue weighted by Gasteiger charge is -2.35. The summed E-state index contributed by atoms with van der Waals surface area (Å²) in [7, 11) is 0. The minimum atomic E-state index is -0.262. The number of rotatable bonds is 7. The molecule has 0 aliphatic carbocycles. The van der Waals surface area contributed by atoms with Gasteiger partial charge in [0.25, 0.3) is 0 Å². The molecule has 2 aromatic carbocycles. The summed E-state index contributed by atoms with van der Waals surface area (Å²) in [4.78, 5) is 27.9. The van der Waals surface area contributed by atoms with Crippen molar-refractivity contribution in [3.05, 3.63) is 65.7 Å². The summed E-state index contributed by atoms with van der Waals surface area (Å²) in [6, 6.07) is 16.0. The van der Waals surface area contributed by atoms with Crippen LogP contribution in [0.1, 0.15) is 42.6 Å². The molecule has 28 heavy (non-hydrogen) atoms. The van der Waals surface area contributed by atoms with E-state index in [2.05, 4.69) is 10.2 Å². The molecule has 1 N–H and O–H groups in total. The zero-order valence-electron chi connectivity index (χ0n) is 16.6. The molecule has 0 aromatic heterocycles. The molecule has 1 heterocycles. The second-order valence-electron chi connectivity index (χ2n) is 7.10. The Bertz CT molecular complexity index is 799. The van der Waals surface area contributed by atoms with E-state index in [0.717, 1.165) is 32.5 Å². The molecule has 3 rings (SSSR count). The van der Waals surface area contributed by atoms with Crippen molar-refractivity contribution < 1.29 is 14.3 Å². The summed E-state index contributed by atoms with van der Waals surface area (Å²) in [6.45, 7) is 6.33. The van der Waals surface area contributed by atoms with Gasteiger partial charge in [0.2, 0.25) is 5.91 Å². The van der Waals surface area contributed by atoms with Crippen molar-refractivity contribution in [2.45, 2.75) is 38.8 Å². The minimum Gasteiger partial charge on any atom is -0.378 e. The summed E-state index contributed by atoms with van der Waals surface area (Å²) in [5, 5.41) is 2.96. The fraction of sp³-hybridized carbons (Fsp3) is 0.391. The van der Waals surface area contributed by atoms with Gasteiger partial charge in [0, 0.05) is 30.8 Å². The average molecular weight is 380 g/mol. The summed E-state index contributed by atoms with van der Waals surface area (Å²) in [5.41, 5.74) is 1.66. The fourth-order valence-electron chi connectivity index (χ4n) is 3.60. The molecule has 1 atom stereocenters. The van der Waals surface area contributed by atoms with Crippen LogP contribution in [0.4, 0.5) is 5.69 Å². The number of piperidine rings is 1. The smallest absolute Gasteiger partial charge is 0.241 e. The van der Waals surface area contributed by atoms with E-state index >= 15 is 0 Å². The number of carbonyl (C=O) groups is 2. The van der Waals surface area contributed by atoms with Crippen molar-refractivity contribution in [2.75, 3.05) is 25.0 Å². The van der Waals surface area contributed by atoms with Crippen molar-refractivity contribution in [1.29, 1.82) is 0 Å². The summed E-state index contributed by atoms with van der Waals surface area (Å²) in [5.74, 6) is -0.190. The third-order valence-corrected chi connectivity index (χ3v) is 5.27. The largest absolute Gasteiger partial charge is 0.378 e. The number of nitrogens with zero attached hydrogens (tertiary/aromatic N) is 1. The minimum absolute atomic E-state index is 0.0943. The van der Waals surface area contributed by atoms with Gasteiger partial charge in [0.1, 0.15) is 0 Å². The Balaban J connectivity index is 1.67. The Morgan fingerprint density at radius 2 is 1.71 bits per heavy atom. The van der Waals surface area contributed by atoms with Gasteiger partial charge in [0.15, 0.2) is 5.78 Å². The normalized spacial score (nSPS) is 16.5. The Morgan fingerprint density at radius 3 is 2.39 bits per heavy atom. The van der Waals surface area contributed by atoms with E-state index in [4.69, 9.17) is 4.74 Å². The molecular formula is C23H28N2O3. The van der Waals surface area contributed by atoms with E-state index in [-0.39, 0.29) is 17.7 Å². The molecule has 0 spiro atoms. The van der Waals surface area contributed by atoms with E-state index in [1.54, 1.807) is 24.3 Å². The van der Waals surface area contributed by atoms with E-state index < -0.39 is 0 Å². The standard InChI is InChI=1S/C23H28N2O3/c1-3-28-19-13-15-25(16-14-19)17(2)23(27)24-21-12-8-7-11-20(21)22(26)18-9-5-4-6-10-18/h4-12,17,19H,3,13-16H2,1-2H3,(H,24,27). The molecular weight excluding hydrogens is 352 g/mol. The second kappa shape index (κ2) is 9.62. The van der Waals surface area contributed by atoms with Crippen molar-refractivity contribution in [3.8, 4) is 0 Å². The lowest BCUT2D eigenvalue weighted by atomic mass is 10.0. The fourth-order valence-corrected chi connectivity index (χ4v) is 3.60. The summed E-state index contributed by atoms with van der Waals surface area (Å²) >= 11 is 0. The first-order chi connectivity index (χ1) is 13.6. The van der Waals surface area contributed by atoms with Crippen LogP contribution in [-0.4, -0.2) is 48.4 Å². The van der Waals surface area contributed by atoms with Crippen molar-refractivity contribution >= 4 is 17.4 Å². The van der Waals surface area contributed by atoms with Crippen LogP contribution in [0, 0.1) is 0 Å². The highest BCUT2D eigenvalue weighted by molar-refractivity contribution is 6.14. The lowest BCUT2D eigenvalue weighted by Crippen LogP contribution is -2.47. The zero-order chi connectivity index (χ0) is 19.9. The van der Waals surface area contributed by atoms with Crippen LogP contribution in [0.25, 0.3) is 0 Å². The Labute approximate surface area is 166 Å². The van der Waals surface area contributed by atoms with Crippen LogP contribution in [0.3, 0.4) is 0 Å². The molecule has 148 valence electrons. The molecule has 0 radical (unpaired) electrons. The van der Waals surface area contributed by atoms with Gasteiger partial charge in [-0.15, -0.1) is 0 Å². The van der Waals surface area contributed by atoms with Crippen LogP contribution < -0.4 is 5.32 Å². The third kappa shape index (κ3) is 4.86. The van der Waals surface area contributed by atoms with Crippen LogP contribution in [0.5, 0.6) is 0 Å². The Morgan fingerprint density at radius 1 is 1.07 bits per heavy atom. The first kappa shape index (κ1) is 20.2. The molecule has 5 heteroatoms. The number of benzene rings is 2. The molecule has 1 amide bonds. The molecule has 0 bridgehead atoms. The SMILES string of the molecule is CCOC1CCN(C(C)C(=O)Nc2ccccc2C(=O)c2ccccc2)CC1. The number of para-hydroxylation sites is 1. The number of anilines is 1. The molecule has 1 saturated heterocycles. The number of ketones is 1. The highest BCUT2D eigenvalue weighted by atomic mass is 16.5. The van der Waals surface area contributed by atoms with Gasteiger partial charge in [-0.2, -0.15) is 0 Å². The van der Waals surface area contributed by atoms with E-state index in [0.29, 0.717) is 22.9 Å². The quantitative estimate of drug-likeness (QED) is 0.744. The van der Waals surface area contributed by atoms with Crippen molar-refractivity contribution in [3.63, 3.8) is 0 Å². The van der Waals surface area contributed by atoms with Gasteiger partial charge < -0.3 is 10.1 Å². The number of hydrogen-bond donors (Lipinski definition) is 1. The highest BCUT2D eigenvalue weighted by Crippen LogP contribution is 2.21. The van der Waals surface area contributed by atoms with Crippen LogP contribution in [0.2, 0.25) is 0 Å². The monoisotopic (exact) mass is 380 g/mol. The van der Waals surface area contributed by atoms with E-state index in [9.17, 15) is 9.59 Å². The van der Waals surface area contributed by atoms with Gasteiger partial charge in [-0.1, -0.05) is 42.5 Å². The first-order valence-electron chi connectivity index (χ1n) is 9.95. The third-order valence-electron chi connectivity index (χ3n) is 5.27. The molecule has 0 saturated carbocycles. The van der Waals surface area contributed by atoms with Crippen molar-refractivity contribution in [2.24, 2.45) is 0 Å².